The van der Waals surface area contributed by atoms with Gasteiger partial charge < -0.3 is 9.13 Å². The first-order valence-electron chi connectivity index (χ1n) is 12.6. The van der Waals surface area contributed by atoms with Crippen molar-refractivity contribution in [3.05, 3.63) is 133 Å². The van der Waals surface area contributed by atoms with Gasteiger partial charge in [-0.3, -0.25) is 0 Å². The van der Waals surface area contributed by atoms with Crippen molar-refractivity contribution in [1.82, 2.24) is 4.57 Å². The Bertz CT molecular complexity index is 2060. The summed E-state index contributed by atoms with van der Waals surface area (Å²) in [4.78, 5) is 0. The van der Waals surface area contributed by atoms with Crippen molar-refractivity contribution in [2.24, 2.45) is 0 Å². The minimum absolute atomic E-state index is 0.882. The quantitative estimate of drug-likeness (QED) is 0.229. The van der Waals surface area contributed by atoms with E-state index in [1.807, 2.05) is 36.4 Å². The van der Waals surface area contributed by atoms with E-state index in [4.69, 9.17) is 0 Å². The van der Waals surface area contributed by atoms with Gasteiger partial charge in [0.2, 0.25) is 0 Å². The van der Waals surface area contributed by atoms with Gasteiger partial charge in [0.1, 0.15) is 0 Å². The van der Waals surface area contributed by atoms with Gasteiger partial charge in [-0.25, -0.2) is 0 Å². The van der Waals surface area contributed by atoms with Crippen molar-refractivity contribution in [1.29, 1.82) is 0 Å². The van der Waals surface area contributed by atoms with Gasteiger partial charge in [0.25, 0.3) is 0 Å². The molecule has 0 aliphatic carbocycles. The lowest BCUT2D eigenvalue weighted by atomic mass is 9.99. The number of hydrogen-bond donors (Lipinski definition) is 0. The van der Waals surface area contributed by atoms with Gasteiger partial charge in [-0.05, 0) is 40.6 Å². The van der Waals surface area contributed by atoms with Crippen LogP contribution in [0.25, 0.3) is 49.4 Å². The summed E-state index contributed by atoms with van der Waals surface area (Å²) in [6.45, 7) is 0. The van der Waals surface area contributed by atoms with Crippen LogP contribution in [0.3, 0.4) is 0 Å². The Hall–Kier alpha value is -4.39. The molecule has 7 aromatic rings. The molecule has 0 N–H and O–H groups in total. The highest BCUT2D eigenvalue weighted by atomic mass is 31.2. The molecule has 0 radical (unpaired) electrons. The minimum Gasteiger partial charge on any atom is -0.309 e. The number of hydrogen-bond acceptors (Lipinski definition) is 1. The predicted octanol–water partition coefficient (Wildman–Crippen LogP) is 7.56. The fourth-order valence-electron chi connectivity index (χ4n) is 6.24. The maximum Gasteiger partial charge on any atom is 0.172 e. The van der Waals surface area contributed by atoms with Crippen molar-refractivity contribution in [2.75, 3.05) is 0 Å². The summed E-state index contributed by atoms with van der Waals surface area (Å²) >= 11 is 0. The highest BCUT2D eigenvalue weighted by Gasteiger charge is 2.43. The van der Waals surface area contributed by atoms with E-state index in [0.717, 1.165) is 54.5 Å². The molecule has 2 nitrogen and oxygen atoms in total. The summed E-state index contributed by atoms with van der Waals surface area (Å²) in [5.74, 6) is 0. The van der Waals surface area contributed by atoms with E-state index in [1.54, 1.807) is 0 Å². The number of aromatic nitrogens is 1. The molecule has 0 spiro atoms. The topological polar surface area (TPSA) is 22.0 Å². The fourth-order valence-corrected chi connectivity index (χ4v) is 9.51. The molecule has 0 bridgehead atoms. The zero-order chi connectivity index (χ0) is 24.6. The smallest absolute Gasteiger partial charge is 0.172 e. The SMILES string of the molecule is O=P1(c2ccccc2)c2ccc3c4ccccc4n(-c4ccccc4)c3c2-c2ccc3ccccc3c21. The Morgan fingerprint density at radius 2 is 1.22 bits per heavy atom. The Morgan fingerprint density at radius 1 is 0.541 bits per heavy atom. The van der Waals surface area contributed by atoms with E-state index in [-0.39, 0.29) is 0 Å². The van der Waals surface area contributed by atoms with Crippen LogP contribution in [-0.4, -0.2) is 4.57 Å². The van der Waals surface area contributed by atoms with Crippen molar-refractivity contribution in [3.63, 3.8) is 0 Å². The van der Waals surface area contributed by atoms with Gasteiger partial charge >= 0.3 is 0 Å². The van der Waals surface area contributed by atoms with Gasteiger partial charge in [0.05, 0.1) is 11.0 Å². The molecule has 2 heterocycles. The number of benzene rings is 6. The lowest BCUT2D eigenvalue weighted by molar-refractivity contribution is 0.593. The van der Waals surface area contributed by atoms with E-state index in [2.05, 4.69) is 102 Å². The molecule has 6 aromatic carbocycles. The van der Waals surface area contributed by atoms with Crippen LogP contribution in [0.4, 0.5) is 0 Å². The summed E-state index contributed by atoms with van der Waals surface area (Å²) in [6, 6.07) is 46.1. The lowest BCUT2D eigenvalue weighted by Gasteiger charge is -2.17. The van der Waals surface area contributed by atoms with Gasteiger partial charge in [0.15, 0.2) is 7.14 Å². The highest BCUT2D eigenvalue weighted by Crippen LogP contribution is 2.56. The van der Waals surface area contributed by atoms with Crippen LogP contribution in [0, 0.1) is 0 Å². The fraction of sp³-hybridized carbons (Fsp3) is 0. The average molecular weight is 492 g/mol. The van der Waals surface area contributed by atoms with Gasteiger partial charge in [-0.2, -0.15) is 0 Å². The molecule has 3 heteroatoms. The Kier molecular flexibility index (Phi) is 4.24. The van der Waals surface area contributed by atoms with E-state index in [0.29, 0.717) is 0 Å². The van der Waals surface area contributed by atoms with Gasteiger partial charge in [0, 0.05) is 37.9 Å². The molecule has 8 rings (SSSR count). The minimum atomic E-state index is -3.12. The molecular formula is C34H22NOP. The molecule has 0 amide bonds. The summed E-state index contributed by atoms with van der Waals surface area (Å²) in [6.07, 6.45) is 0. The number of fused-ring (bicyclic) bond motifs is 9. The van der Waals surface area contributed by atoms with Crippen molar-refractivity contribution in [3.8, 4) is 16.8 Å². The number of nitrogens with zero attached hydrogens (tertiary/aromatic N) is 1. The maximum atomic E-state index is 15.6. The van der Waals surface area contributed by atoms with Crippen molar-refractivity contribution in [2.45, 2.75) is 0 Å². The van der Waals surface area contributed by atoms with Crippen LogP contribution < -0.4 is 15.9 Å². The second-order valence-corrected chi connectivity index (χ2v) is 12.3. The number of rotatable bonds is 2. The number of para-hydroxylation sites is 2. The molecule has 1 aliphatic heterocycles. The molecule has 37 heavy (non-hydrogen) atoms. The third-order valence-corrected chi connectivity index (χ3v) is 11.0. The second-order valence-electron chi connectivity index (χ2n) is 9.67. The van der Waals surface area contributed by atoms with Crippen LogP contribution in [0.1, 0.15) is 0 Å². The van der Waals surface area contributed by atoms with Crippen molar-refractivity contribution >= 4 is 55.6 Å². The van der Waals surface area contributed by atoms with E-state index in [1.165, 1.54) is 10.8 Å². The molecule has 0 fully saturated rings. The summed E-state index contributed by atoms with van der Waals surface area (Å²) < 4.78 is 17.9. The van der Waals surface area contributed by atoms with E-state index >= 15 is 4.57 Å². The zero-order valence-corrected chi connectivity index (χ0v) is 20.9. The summed E-state index contributed by atoms with van der Waals surface area (Å²) in [7, 11) is -3.12. The van der Waals surface area contributed by atoms with E-state index in [9.17, 15) is 0 Å². The summed E-state index contributed by atoms with van der Waals surface area (Å²) in [5.41, 5.74) is 5.54. The molecule has 1 atom stereocenters. The van der Waals surface area contributed by atoms with Gasteiger partial charge in [-0.15, -0.1) is 0 Å². The maximum absolute atomic E-state index is 15.6. The first-order valence-corrected chi connectivity index (χ1v) is 14.3. The standard InChI is InChI=1S/C34H22NOP/c36-37(25-14-5-2-6-15-25)31-22-21-28-27-17-9-10-18-30(27)35(24-12-3-1-4-13-24)33(28)32(31)29-20-19-23-11-7-8-16-26(23)34(29)37/h1-22H. The predicted molar refractivity (Wildman–Crippen MR) is 157 cm³/mol. The van der Waals surface area contributed by atoms with E-state index < -0.39 is 7.14 Å². The Balaban J connectivity index is 1.63. The molecule has 0 saturated carbocycles. The largest absolute Gasteiger partial charge is 0.309 e. The highest BCUT2D eigenvalue weighted by molar-refractivity contribution is 7.86. The van der Waals surface area contributed by atoms with Crippen molar-refractivity contribution < 1.29 is 4.57 Å². The normalized spacial score (nSPS) is 16.3. The lowest BCUT2D eigenvalue weighted by Crippen LogP contribution is -2.21. The molecule has 1 aliphatic rings. The third kappa shape index (κ3) is 2.68. The zero-order valence-electron chi connectivity index (χ0n) is 20.0. The Morgan fingerprint density at radius 3 is 2.03 bits per heavy atom. The molecule has 0 saturated heterocycles. The summed E-state index contributed by atoms with van der Waals surface area (Å²) in [5, 5.41) is 7.34. The van der Waals surface area contributed by atoms with Crippen LogP contribution in [0.5, 0.6) is 0 Å². The third-order valence-electron chi connectivity index (χ3n) is 7.77. The van der Waals surface area contributed by atoms with Crippen LogP contribution in [-0.2, 0) is 4.57 Å². The molecule has 1 aromatic heterocycles. The van der Waals surface area contributed by atoms with Crippen LogP contribution in [0.15, 0.2) is 133 Å². The first-order chi connectivity index (χ1) is 18.3. The molecule has 1 unspecified atom stereocenters. The average Bonchev–Trinajstić information content (AvgIpc) is 3.45. The molecular weight excluding hydrogens is 469 g/mol. The first kappa shape index (κ1) is 20.8. The monoisotopic (exact) mass is 491 g/mol. The molecule has 174 valence electrons. The Labute approximate surface area is 214 Å². The second kappa shape index (κ2) is 7.56. The van der Waals surface area contributed by atoms with Crippen LogP contribution >= 0.6 is 7.14 Å². The van der Waals surface area contributed by atoms with Crippen LogP contribution in [0.2, 0.25) is 0 Å². The van der Waals surface area contributed by atoms with Gasteiger partial charge in [-0.1, -0.05) is 109 Å².